The molecule has 1 rings (SSSR count). The van der Waals surface area contributed by atoms with Crippen LogP contribution in [0.15, 0.2) is 11.5 Å². The monoisotopic (exact) mass is 141 g/mol. The SMILES string of the molecule is N[C@@H]1CCC=C(B(O)O)C1. The molecule has 1 aliphatic carbocycles. The van der Waals surface area contributed by atoms with E-state index in [1.807, 2.05) is 6.08 Å². The molecule has 4 N–H and O–H groups in total. The Kier molecular flexibility index (Phi) is 2.48. The normalized spacial score (nSPS) is 25.9. The smallest absolute Gasteiger partial charge is 0.423 e. The van der Waals surface area contributed by atoms with Crippen molar-refractivity contribution < 1.29 is 10.0 Å². The maximum atomic E-state index is 8.73. The number of rotatable bonds is 1. The minimum absolute atomic E-state index is 0.113. The molecule has 0 spiro atoms. The summed E-state index contributed by atoms with van der Waals surface area (Å²) >= 11 is 0. The van der Waals surface area contributed by atoms with Crippen molar-refractivity contribution in [3.05, 3.63) is 11.5 Å². The summed E-state index contributed by atoms with van der Waals surface area (Å²) in [5, 5.41) is 17.5. The Morgan fingerprint density at radius 2 is 2.30 bits per heavy atom. The minimum Gasteiger partial charge on any atom is -0.423 e. The zero-order valence-corrected chi connectivity index (χ0v) is 5.83. The van der Waals surface area contributed by atoms with Gasteiger partial charge in [0.15, 0.2) is 0 Å². The third-order valence-electron chi connectivity index (χ3n) is 1.77. The summed E-state index contributed by atoms with van der Waals surface area (Å²) in [6, 6.07) is 0.113. The van der Waals surface area contributed by atoms with E-state index in [0.717, 1.165) is 12.8 Å². The molecule has 1 aliphatic rings. The van der Waals surface area contributed by atoms with Crippen LogP contribution in [-0.4, -0.2) is 23.2 Å². The van der Waals surface area contributed by atoms with E-state index in [0.29, 0.717) is 11.9 Å². The van der Waals surface area contributed by atoms with Crippen molar-refractivity contribution in [1.82, 2.24) is 0 Å². The molecule has 0 saturated carbocycles. The second kappa shape index (κ2) is 3.19. The highest BCUT2D eigenvalue weighted by Crippen LogP contribution is 2.16. The van der Waals surface area contributed by atoms with Crippen LogP contribution in [0.3, 0.4) is 0 Å². The molecule has 0 unspecified atom stereocenters. The van der Waals surface area contributed by atoms with E-state index in [2.05, 4.69) is 0 Å². The molecule has 10 heavy (non-hydrogen) atoms. The van der Waals surface area contributed by atoms with Gasteiger partial charge in [-0.1, -0.05) is 6.08 Å². The number of hydrogen-bond donors (Lipinski definition) is 3. The summed E-state index contributed by atoms with van der Waals surface area (Å²) in [6.45, 7) is 0. The molecule has 3 nitrogen and oxygen atoms in total. The molecule has 0 fully saturated rings. The van der Waals surface area contributed by atoms with Crippen molar-refractivity contribution in [2.45, 2.75) is 25.3 Å². The van der Waals surface area contributed by atoms with E-state index in [1.165, 1.54) is 0 Å². The van der Waals surface area contributed by atoms with E-state index in [4.69, 9.17) is 15.8 Å². The quantitative estimate of drug-likeness (QED) is 0.428. The second-order valence-corrected chi connectivity index (χ2v) is 2.69. The molecule has 56 valence electrons. The van der Waals surface area contributed by atoms with Gasteiger partial charge in [0.2, 0.25) is 0 Å². The largest absolute Gasteiger partial charge is 0.483 e. The van der Waals surface area contributed by atoms with Crippen LogP contribution in [0.2, 0.25) is 0 Å². The maximum absolute atomic E-state index is 8.73. The number of allylic oxidation sites excluding steroid dienone is 1. The maximum Gasteiger partial charge on any atom is 0.483 e. The predicted octanol–water partition coefficient (Wildman–Crippen LogP) is -0.564. The van der Waals surface area contributed by atoms with Crippen molar-refractivity contribution in [2.75, 3.05) is 0 Å². The number of hydrogen-bond acceptors (Lipinski definition) is 3. The first-order chi connectivity index (χ1) is 4.70. The first-order valence-corrected chi connectivity index (χ1v) is 3.51. The predicted molar refractivity (Wildman–Crippen MR) is 40.1 cm³/mol. The van der Waals surface area contributed by atoms with Crippen molar-refractivity contribution >= 4 is 7.12 Å². The summed E-state index contributed by atoms with van der Waals surface area (Å²) in [5.74, 6) is 0. The molecular formula is C6H12BNO2. The molecule has 0 aromatic heterocycles. The Bertz CT molecular complexity index is 147. The Morgan fingerprint density at radius 3 is 2.70 bits per heavy atom. The van der Waals surface area contributed by atoms with Crippen LogP contribution in [0.1, 0.15) is 19.3 Å². The molecule has 0 radical (unpaired) electrons. The van der Waals surface area contributed by atoms with E-state index in [9.17, 15) is 0 Å². The zero-order valence-electron chi connectivity index (χ0n) is 5.83. The van der Waals surface area contributed by atoms with Gasteiger partial charge in [0, 0.05) is 6.04 Å². The van der Waals surface area contributed by atoms with Gasteiger partial charge in [-0.05, 0) is 24.7 Å². The van der Waals surface area contributed by atoms with Crippen LogP contribution in [0.25, 0.3) is 0 Å². The Hall–Kier alpha value is -0.315. The molecule has 0 saturated heterocycles. The third kappa shape index (κ3) is 1.83. The van der Waals surface area contributed by atoms with Gasteiger partial charge in [0.25, 0.3) is 0 Å². The van der Waals surface area contributed by atoms with Gasteiger partial charge < -0.3 is 15.8 Å². The molecule has 0 aromatic carbocycles. The van der Waals surface area contributed by atoms with Crippen LogP contribution < -0.4 is 5.73 Å². The molecular weight excluding hydrogens is 129 g/mol. The van der Waals surface area contributed by atoms with E-state index in [1.54, 1.807) is 0 Å². The van der Waals surface area contributed by atoms with E-state index >= 15 is 0 Å². The van der Waals surface area contributed by atoms with Crippen LogP contribution >= 0.6 is 0 Å². The molecule has 1 atom stereocenters. The van der Waals surface area contributed by atoms with Crippen molar-refractivity contribution in [2.24, 2.45) is 5.73 Å². The lowest BCUT2D eigenvalue weighted by atomic mass is 9.72. The highest BCUT2D eigenvalue weighted by molar-refractivity contribution is 6.50. The zero-order chi connectivity index (χ0) is 7.56. The molecule has 0 amide bonds. The van der Waals surface area contributed by atoms with Gasteiger partial charge in [0.1, 0.15) is 0 Å². The molecule has 0 bridgehead atoms. The highest BCUT2D eigenvalue weighted by Gasteiger charge is 2.19. The lowest BCUT2D eigenvalue weighted by molar-refractivity contribution is 0.411. The van der Waals surface area contributed by atoms with Gasteiger partial charge in [-0.25, -0.2) is 0 Å². The summed E-state index contributed by atoms with van der Waals surface area (Å²) in [4.78, 5) is 0. The van der Waals surface area contributed by atoms with Crippen LogP contribution in [0.4, 0.5) is 0 Å². The lowest BCUT2D eigenvalue weighted by Gasteiger charge is -2.17. The van der Waals surface area contributed by atoms with Gasteiger partial charge in [0.05, 0.1) is 0 Å². The number of nitrogens with two attached hydrogens (primary N) is 1. The topological polar surface area (TPSA) is 66.5 Å². The Balaban J connectivity index is 2.51. The van der Waals surface area contributed by atoms with Crippen molar-refractivity contribution in [1.29, 1.82) is 0 Å². The minimum atomic E-state index is -1.30. The average Bonchev–Trinajstić information content (AvgIpc) is 1.88. The summed E-state index contributed by atoms with van der Waals surface area (Å²) < 4.78 is 0. The Labute approximate surface area is 60.7 Å². The fraction of sp³-hybridized carbons (Fsp3) is 0.667. The van der Waals surface area contributed by atoms with Crippen molar-refractivity contribution in [3.8, 4) is 0 Å². The van der Waals surface area contributed by atoms with Gasteiger partial charge >= 0.3 is 7.12 Å². The standard InChI is InChI=1S/C6H12BNO2/c8-6-3-1-2-5(4-6)7(9)10/h2,6,9-10H,1,3-4,8H2/t6-/m1/s1. The second-order valence-electron chi connectivity index (χ2n) is 2.69. The van der Waals surface area contributed by atoms with Crippen molar-refractivity contribution in [3.63, 3.8) is 0 Å². The first kappa shape index (κ1) is 7.79. The van der Waals surface area contributed by atoms with Gasteiger partial charge in [-0.3, -0.25) is 0 Å². The third-order valence-corrected chi connectivity index (χ3v) is 1.77. The highest BCUT2D eigenvalue weighted by atomic mass is 16.4. The van der Waals surface area contributed by atoms with Gasteiger partial charge in [-0.15, -0.1) is 0 Å². The molecule has 0 aliphatic heterocycles. The van der Waals surface area contributed by atoms with Crippen LogP contribution in [0.5, 0.6) is 0 Å². The van der Waals surface area contributed by atoms with Crippen LogP contribution in [-0.2, 0) is 0 Å². The fourth-order valence-corrected chi connectivity index (χ4v) is 1.18. The molecule has 0 aromatic rings. The van der Waals surface area contributed by atoms with Crippen LogP contribution in [0, 0.1) is 0 Å². The molecule has 4 heteroatoms. The average molecular weight is 141 g/mol. The summed E-state index contributed by atoms with van der Waals surface area (Å²) in [7, 11) is -1.30. The first-order valence-electron chi connectivity index (χ1n) is 3.51. The van der Waals surface area contributed by atoms with E-state index < -0.39 is 7.12 Å². The summed E-state index contributed by atoms with van der Waals surface area (Å²) in [5.41, 5.74) is 6.27. The van der Waals surface area contributed by atoms with Gasteiger partial charge in [-0.2, -0.15) is 0 Å². The lowest BCUT2D eigenvalue weighted by Crippen LogP contribution is -2.28. The molecule has 0 heterocycles. The fourth-order valence-electron chi connectivity index (χ4n) is 1.18. The Morgan fingerprint density at radius 1 is 1.60 bits per heavy atom. The summed E-state index contributed by atoms with van der Waals surface area (Å²) in [6.07, 6.45) is 4.30. The van der Waals surface area contributed by atoms with E-state index in [-0.39, 0.29) is 6.04 Å².